The minimum Gasteiger partial charge on any atom is -0.493 e. The number of fused-ring (bicyclic) bond motifs is 1. The number of rotatable bonds is 5. The lowest BCUT2D eigenvalue weighted by atomic mass is 10.1. The molecule has 2 heterocycles. The van der Waals surface area contributed by atoms with E-state index in [0.29, 0.717) is 27.8 Å². The maximum Gasteiger partial charge on any atom is 0.353 e. The molecule has 0 saturated heterocycles. The molecule has 0 amide bonds. The van der Waals surface area contributed by atoms with Crippen molar-refractivity contribution in [1.29, 1.82) is 5.26 Å². The van der Waals surface area contributed by atoms with E-state index in [2.05, 4.69) is 11.1 Å². The van der Waals surface area contributed by atoms with Crippen LogP contribution >= 0.6 is 11.3 Å². The molecule has 4 aromatic rings. The Morgan fingerprint density at radius 1 is 1.17 bits per heavy atom. The molecule has 7 heteroatoms. The van der Waals surface area contributed by atoms with Crippen molar-refractivity contribution in [3.8, 4) is 17.6 Å². The number of esters is 1. The molecule has 0 unspecified atom stereocenters. The molecule has 148 valence electrons. The normalized spacial score (nSPS) is 11.3. The quantitative estimate of drug-likeness (QED) is 0.262. The fraction of sp³-hybridized carbons (Fsp3) is 0.0870. The highest BCUT2D eigenvalue weighted by atomic mass is 32.1. The van der Waals surface area contributed by atoms with Crippen LogP contribution < -0.4 is 9.47 Å². The fourth-order valence-electron chi connectivity index (χ4n) is 3.10. The van der Waals surface area contributed by atoms with Gasteiger partial charge in [-0.05, 0) is 47.4 Å². The number of carbonyl (C=O) groups is 1. The number of nitriles is 1. The molecule has 0 aliphatic rings. The predicted molar refractivity (Wildman–Crippen MR) is 116 cm³/mol. The number of hydrogen-bond acceptors (Lipinski definition) is 6. The van der Waals surface area contributed by atoms with E-state index in [4.69, 9.17) is 9.47 Å². The number of para-hydroxylation sites is 2. The minimum absolute atomic E-state index is 0.314. The Morgan fingerprint density at radius 3 is 2.70 bits per heavy atom. The van der Waals surface area contributed by atoms with Gasteiger partial charge in [0.25, 0.3) is 0 Å². The van der Waals surface area contributed by atoms with E-state index >= 15 is 0 Å². The molecule has 4 rings (SSSR count). The van der Waals surface area contributed by atoms with Crippen LogP contribution in [-0.4, -0.2) is 22.6 Å². The largest absolute Gasteiger partial charge is 0.493 e. The predicted octanol–water partition coefficient (Wildman–Crippen LogP) is 4.93. The molecule has 2 aromatic carbocycles. The lowest BCUT2D eigenvalue weighted by Gasteiger charge is -2.09. The standard InChI is InChI=1S/C23H17N3O3S/c1-26-18-7-4-3-6-17(18)25-22(26)16(14-24)12-15-9-10-19(20(13-15)28-2)29-23(27)21-8-5-11-30-21/h3-13H,1-2H3/b16-12+. The maximum absolute atomic E-state index is 12.2. The van der Waals surface area contributed by atoms with E-state index in [9.17, 15) is 10.1 Å². The van der Waals surface area contributed by atoms with Gasteiger partial charge >= 0.3 is 5.97 Å². The van der Waals surface area contributed by atoms with Crippen molar-refractivity contribution in [2.75, 3.05) is 7.11 Å². The van der Waals surface area contributed by atoms with Gasteiger partial charge in [0.2, 0.25) is 0 Å². The third-order valence-corrected chi connectivity index (χ3v) is 5.42. The summed E-state index contributed by atoms with van der Waals surface area (Å²) in [6, 6.07) is 18.6. The lowest BCUT2D eigenvalue weighted by molar-refractivity contribution is 0.0735. The van der Waals surface area contributed by atoms with Crippen LogP contribution in [-0.2, 0) is 7.05 Å². The highest BCUT2D eigenvalue weighted by Crippen LogP contribution is 2.31. The van der Waals surface area contributed by atoms with Crippen LogP contribution in [0.15, 0.2) is 60.0 Å². The molecule has 0 aliphatic heterocycles. The van der Waals surface area contributed by atoms with Gasteiger partial charge in [-0.3, -0.25) is 0 Å². The first-order valence-electron chi connectivity index (χ1n) is 9.08. The second-order valence-corrected chi connectivity index (χ2v) is 7.38. The Morgan fingerprint density at radius 2 is 2.00 bits per heavy atom. The summed E-state index contributed by atoms with van der Waals surface area (Å²) < 4.78 is 12.7. The van der Waals surface area contributed by atoms with Crippen LogP contribution in [0, 0.1) is 11.3 Å². The van der Waals surface area contributed by atoms with E-state index in [0.717, 1.165) is 16.6 Å². The Kier molecular flexibility index (Phi) is 5.33. The summed E-state index contributed by atoms with van der Waals surface area (Å²) in [5.41, 5.74) is 2.91. The third kappa shape index (κ3) is 3.69. The number of imidazole rings is 1. The van der Waals surface area contributed by atoms with Crippen molar-refractivity contribution >= 4 is 40.0 Å². The van der Waals surface area contributed by atoms with Gasteiger partial charge in [-0.25, -0.2) is 9.78 Å². The Labute approximate surface area is 177 Å². The first kappa shape index (κ1) is 19.4. The molecule has 0 N–H and O–H groups in total. The van der Waals surface area contributed by atoms with Crippen molar-refractivity contribution in [2.24, 2.45) is 7.05 Å². The van der Waals surface area contributed by atoms with E-state index in [-0.39, 0.29) is 0 Å². The number of thiophene rings is 1. The van der Waals surface area contributed by atoms with Crippen LogP contribution in [0.4, 0.5) is 0 Å². The summed E-state index contributed by atoms with van der Waals surface area (Å²) in [5, 5.41) is 11.5. The topological polar surface area (TPSA) is 77.1 Å². The first-order chi connectivity index (χ1) is 14.6. The summed E-state index contributed by atoms with van der Waals surface area (Å²) in [6.07, 6.45) is 1.73. The maximum atomic E-state index is 12.2. The smallest absolute Gasteiger partial charge is 0.353 e. The lowest BCUT2D eigenvalue weighted by Crippen LogP contribution is -2.07. The van der Waals surface area contributed by atoms with E-state index in [1.807, 2.05) is 41.3 Å². The van der Waals surface area contributed by atoms with Gasteiger partial charge in [0, 0.05) is 7.05 Å². The molecule has 0 radical (unpaired) electrons. The first-order valence-corrected chi connectivity index (χ1v) is 9.96. The van der Waals surface area contributed by atoms with Gasteiger partial charge in [-0.2, -0.15) is 5.26 Å². The number of ether oxygens (including phenoxy) is 2. The molecule has 0 spiro atoms. The number of nitrogens with zero attached hydrogens (tertiary/aromatic N) is 3. The second-order valence-electron chi connectivity index (χ2n) is 6.43. The summed E-state index contributed by atoms with van der Waals surface area (Å²) in [5.74, 6) is 0.847. The molecular formula is C23H17N3O3S. The number of carbonyl (C=O) groups excluding carboxylic acids is 1. The SMILES string of the molecule is COc1cc(/C=C(\C#N)c2nc3ccccc3n2C)ccc1OC(=O)c1cccs1. The fourth-order valence-corrected chi connectivity index (χ4v) is 3.70. The van der Waals surface area contributed by atoms with Gasteiger partial charge in [0.1, 0.15) is 10.9 Å². The van der Waals surface area contributed by atoms with E-state index in [1.54, 1.807) is 36.4 Å². The zero-order chi connectivity index (χ0) is 21.1. The molecule has 0 saturated carbocycles. The van der Waals surface area contributed by atoms with Crippen molar-refractivity contribution in [1.82, 2.24) is 9.55 Å². The van der Waals surface area contributed by atoms with Crippen molar-refractivity contribution < 1.29 is 14.3 Å². The molecule has 0 bridgehead atoms. The second kappa shape index (κ2) is 8.23. The Balaban J connectivity index is 1.67. The molecule has 30 heavy (non-hydrogen) atoms. The van der Waals surface area contributed by atoms with Crippen LogP contribution in [0.1, 0.15) is 21.1 Å². The number of benzene rings is 2. The van der Waals surface area contributed by atoms with Crippen molar-refractivity contribution in [3.63, 3.8) is 0 Å². The monoisotopic (exact) mass is 415 g/mol. The van der Waals surface area contributed by atoms with Gasteiger partial charge in [-0.15, -0.1) is 11.3 Å². The summed E-state index contributed by atoms with van der Waals surface area (Å²) in [6.45, 7) is 0. The number of methoxy groups -OCH3 is 1. The van der Waals surface area contributed by atoms with Gasteiger partial charge < -0.3 is 14.0 Å². The van der Waals surface area contributed by atoms with Crippen molar-refractivity contribution in [2.45, 2.75) is 0 Å². The third-order valence-electron chi connectivity index (χ3n) is 4.57. The summed E-state index contributed by atoms with van der Waals surface area (Å²) in [4.78, 5) is 17.3. The van der Waals surface area contributed by atoms with Crippen LogP contribution in [0.25, 0.3) is 22.7 Å². The molecule has 0 fully saturated rings. The Bertz CT molecular complexity index is 1300. The minimum atomic E-state index is -0.441. The molecular weight excluding hydrogens is 398 g/mol. The molecule has 6 nitrogen and oxygen atoms in total. The number of aryl methyl sites for hydroxylation is 1. The molecule has 2 aromatic heterocycles. The number of hydrogen-bond donors (Lipinski definition) is 0. The Hall–Kier alpha value is -3.89. The van der Waals surface area contributed by atoms with Crippen LogP contribution in [0.2, 0.25) is 0 Å². The van der Waals surface area contributed by atoms with Gasteiger partial charge in [0.15, 0.2) is 17.3 Å². The van der Waals surface area contributed by atoms with Gasteiger partial charge in [0.05, 0.1) is 23.7 Å². The highest BCUT2D eigenvalue weighted by molar-refractivity contribution is 7.12. The number of aromatic nitrogens is 2. The average molecular weight is 415 g/mol. The average Bonchev–Trinajstić information content (AvgIpc) is 3.42. The van der Waals surface area contributed by atoms with Gasteiger partial charge in [-0.1, -0.05) is 24.3 Å². The zero-order valence-corrected chi connectivity index (χ0v) is 17.1. The van der Waals surface area contributed by atoms with E-state index < -0.39 is 5.97 Å². The zero-order valence-electron chi connectivity index (χ0n) is 16.3. The van der Waals surface area contributed by atoms with Crippen molar-refractivity contribution in [3.05, 3.63) is 76.2 Å². The summed E-state index contributed by atoms with van der Waals surface area (Å²) in [7, 11) is 3.38. The molecule has 0 atom stereocenters. The summed E-state index contributed by atoms with van der Waals surface area (Å²) >= 11 is 1.31. The molecule has 0 aliphatic carbocycles. The highest BCUT2D eigenvalue weighted by Gasteiger charge is 2.15. The van der Waals surface area contributed by atoms with Crippen LogP contribution in [0.5, 0.6) is 11.5 Å². The number of allylic oxidation sites excluding steroid dienone is 1. The van der Waals surface area contributed by atoms with Crippen LogP contribution in [0.3, 0.4) is 0 Å². The van der Waals surface area contributed by atoms with E-state index in [1.165, 1.54) is 18.4 Å².